The van der Waals surface area contributed by atoms with Crippen molar-refractivity contribution >= 4 is 0 Å². The molecule has 0 bridgehead atoms. The second-order valence-electron chi connectivity index (χ2n) is 5.28. The number of terminal acetylenes is 1. The molecule has 1 saturated carbocycles. The lowest BCUT2D eigenvalue weighted by atomic mass is 10.0. The van der Waals surface area contributed by atoms with Crippen molar-refractivity contribution in [2.24, 2.45) is 0 Å². The monoisotopic (exact) mass is 256 g/mol. The molecule has 0 spiro atoms. The highest BCUT2D eigenvalue weighted by molar-refractivity contribution is 5.20. The molecule has 19 heavy (non-hydrogen) atoms. The molecular formula is C17H24N2. The maximum Gasteiger partial charge on any atom is 0.0604 e. The molecule has 1 unspecified atom stereocenters. The molecule has 2 nitrogen and oxygen atoms in total. The Bertz CT molecular complexity index is 403. The molecule has 1 aromatic carbocycles. The summed E-state index contributed by atoms with van der Waals surface area (Å²) in [6.45, 7) is 4.98. The molecule has 1 aliphatic rings. The minimum atomic E-state index is 0.387. The number of hydrogen-bond donors (Lipinski definition) is 1. The molecule has 1 aliphatic carbocycles. The van der Waals surface area contributed by atoms with Crippen LogP contribution >= 0.6 is 0 Å². The van der Waals surface area contributed by atoms with Crippen molar-refractivity contribution in [3.05, 3.63) is 35.9 Å². The fourth-order valence-corrected chi connectivity index (χ4v) is 2.45. The van der Waals surface area contributed by atoms with Crippen LogP contribution in [0.4, 0.5) is 0 Å². The van der Waals surface area contributed by atoms with Crippen molar-refractivity contribution in [1.29, 1.82) is 0 Å². The number of benzene rings is 1. The third-order valence-electron chi connectivity index (χ3n) is 3.61. The van der Waals surface area contributed by atoms with E-state index in [2.05, 4.69) is 53.4 Å². The highest BCUT2D eigenvalue weighted by atomic mass is 15.2. The Morgan fingerprint density at radius 3 is 2.68 bits per heavy atom. The van der Waals surface area contributed by atoms with Crippen LogP contribution < -0.4 is 5.32 Å². The summed E-state index contributed by atoms with van der Waals surface area (Å²) in [5, 5.41) is 3.64. The number of rotatable bonds is 8. The Labute approximate surface area is 117 Å². The van der Waals surface area contributed by atoms with Crippen molar-refractivity contribution in [2.75, 3.05) is 19.6 Å². The van der Waals surface area contributed by atoms with Crippen molar-refractivity contribution in [2.45, 2.75) is 38.3 Å². The van der Waals surface area contributed by atoms with Gasteiger partial charge in [0.2, 0.25) is 0 Å². The standard InChI is InChI=1S/C17H24N2/c1-3-12-19(13-4-2)17(14-18-16-10-11-16)15-8-6-5-7-9-15/h1,5-9,16-18H,4,10-14H2,2H3. The second kappa shape index (κ2) is 7.33. The Morgan fingerprint density at radius 2 is 2.11 bits per heavy atom. The fraction of sp³-hybridized carbons (Fsp3) is 0.529. The molecule has 1 fully saturated rings. The number of hydrogen-bond acceptors (Lipinski definition) is 2. The normalized spacial score (nSPS) is 16.3. The highest BCUT2D eigenvalue weighted by Gasteiger charge is 2.24. The largest absolute Gasteiger partial charge is 0.312 e. The predicted molar refractivity (Wildman–Crippen MR) is 80.9 cm³/mol. The summed E-state index contributed by atoms with van der Waals surface area (Å²) in [6, 6.07) is 11.8. The molecule has 0 amide bonds. The summed E-state index contributed by atoms with van der Waals surface area (Å²) in [5.41, 5.74) is 1.36. The maximum absolute atomic E-state index is 5.53. The molecule has 0 aromatic heterocycles. The topological polar surface area (TPSA) is 15.3 Å². The zero-order valence-electron chi connectivity index (χ0n) is 11.8. The molecule has 102 valence electrons. The van der Waals surface area contributed by atoms with Crippen molar-refractivity contribution in [3.63, 3.8) is 0 Å². The third kappa shape index (κ3) is 4.38. The molecule has 0 saturated heterocycles. The summed E-state index contributed by atoms with van der Waals surface area (Å²) < 4.78 is 0. The van der Waals surface area contributed by atoms with Crippen LogP contribution in [0.25, 0.3) is 0 Å². The molecule has 1 aromatic rings. The molecular weight excluding hydrogens is 232 g/mol. The van der Waals surface area contributed by atoms with E-state index in [-0.39, 0.29) is 0 Å². The first kappa shape index (κ1) is 14.1. The van der Waals surface area contributed by atoms with Gasteiger partial charge >= 0.3 is 0 Å². The molecule has 0 radical (unpaired) electrons. The van der Waals surface area contributed by atoms with E-state index in [0.717, 1.165) is 32.1 Å². The first-order chi connectivity index (χ1) is 9.35. The first-order valence-corrected chi connectivity index (χ1v) is 7.31. The van der Waals surface area contributed by atoms with Gasteiger partial charge in [0.05, 0.1) is 6.54 Å². The fourth-order valence-electron chi connectivity index (χ4n) is 2.45. The SMILES string of the molecule is C#CCN(CCC)C(CNC1CC1)c1ccccc1. The van der Waals surface area contributed by atoms with Gasteiger partial charge in [0.1, 0.15) is 0 Å². The summed E-state index contributed by atoms with van der Waals surface area (Å²) in [5.74, 6) is 2.80. The summed E-state index contributed by atoms with van der Waals surface area (Å²) in [4.78, 5) is 2.41. The first-order valence-electron chi connectivity index (χ1n) is 7.31. The molecule has 2 heteroatoms. The third-order valence-corrected chi connectivity index (χ3v) is 3.61. The van der Waals surface area contributed by atoms with Crippen LogP contribution in [0, 0.1) is 12.3 Å². The van der Waals surface area contributed by atoms with Crippen molar-refractivity contribution in [1.82, 2.24) is 10.2 Å². The number of nitrogens with one attached hydrogen (secondary N) is 1. The van der Waals surface area contributed by atoms with Gasteiger partial charge in [0, 0.05) is 18.6 Å². The quantitative estimate of drug-likeness (QED) is 0.720. The zero-order valence-corrected chi connectivity index (χ0v) is 11.8. The van der Waals surface area contributed by atoms with Crippen LogP contribution in [0.15, 0.2) is 30.3 Å². The highest BCUT2D eigenvalue weighted by Crippen LogP contribution is 2.23. The van der Waals surface area contributed by atoms with Crippen LogP contribution in [0.2, 0.25) is 0 Å². The Morgan fingerprint density at radius 1 is 1.37 bits per heavy atom. The van der Waals surface area contributed by atoms with E-state index in [1.807, 2.05) is 0 Å². The average molecular weight is 256 g/mol. The molecule has 1 atom stereocenters. The Kier molecular flexibility index (Phi) is 5.44. The van der Waals surface area contributed by atoms with Gasteiger partial charge in [-0.15, -0.1) is 6.42 Å². The van der Waals surface area contributed by atoms with E-state index in [1.54, 1.807) is 0 Å². The van der Waals surface area contributed by atoms with Gasteiger partial charge in [-0.3, -0.25) is 4.90 Å². The minimum Gasteiger partial charge on any atom is -0.312 e. The van der Waals surface area contributed by atoms with Gasteiger partial charge < -0.3 is 5.32 Å². The Balaban J connectivity index is 2.08. The van der Waals surface area contributed by atoms with Crippen molar-refractivity contribution in [3.8, 4) is 12.3 Å². The van der Waals surface area contributed by atoms with Crippen LogP contribution in [-0.2, 0) is 0 Å². The molecule has 1 N–H and O–H groups in total. The van der Waals surface area contributed by atoms with Gasteiger partial charge in [0.15, 0.2) is 0 Å². The predicted octanol–water partition coefficient (Wildman–Crippen LogP) is 2.82. The molecule has 0 heterocycles. The molecule has 2 rings (SSSR count). The number of nitrogens with zero attached hydrogens (tertiary/aromatic N) is 1. The lowest BCUT2D eigenvalue weighted by molar-refractivity contribution is 0.216. The van der Waals surface area contributed by atoms with Gasteiger partial charge in [-0.05, 0) is 31.4 Å². The van der Waals surface area contributed by atoms with Crippen LogP contribution in [0.3, 0.4) is 0 Å². The minimum absolute atomic E-state index is 0.387. The Hall–Kier alpha value is -1.30. The van der Waals surface area contributed by atoms with Crippen molar-refractivity contribution < 1.29 is 0 Å². The maximum atomic E-state index is 5.53. The van der Waals surface area contributed by atoms with E-state index in [1.165, 1.54) is 18.4 Å². The van der Waals surface area contributed by atoms with Crippen LogP contribution in [0.1, 0.15) is 37.8 Å². The summed E-state index contributed by atoms with van der Waals surface area (Å²) in [6.07, 6.45) is 9.31. The van der Waals surface area contributed by atoms with Gasteiger partial charge in [-0.1, -0.05) is 43.2 Å². The summed E-state index contributed by atoms with van der Waals surface area (Å²) >= 11 is 0. The van der Waals surface area contributed by atoms with E-state index in [9.17, 15) is 0 Å². The smallest absolute Gasteiger partial charge is 0.0604 e. The van der Waals surface area contributed by atoms with E-state index >= 15 is 0 Å². The second-order valence-corrected chi connectivity index (χ2v) is 5.28. The lowest BCUT2D eigenvalue weighted by Gasteiger charge is -2.30. The van der Waals surface area contributed by atoms with Crippen LogP contribution in [0.5, 0.6) is 0 Å². The van der Waals surface area contributed by atoms with E-state index in [4.69, 9.17) is 6.42 Å². The van der Waals surface area contributed by atoms with Gasteiger partial charge in [-0.25, -0.2) is 0 Å². The van der Waals surface area contributed by atoms with Gasteiger partial charge in [-0.2, -0.15) is 0 Å². The van der Waals surface area contributed by atoms with E-state index < -0.39 is 0 Å². The molecule has 0 aliphatic heterocycles. The van der Waals surface area contributed by atoms with E-state index in [0.29, 0.717) is 6.04 Å². The van der Waals surface area contributed by atoms with Crippen LogP contribution in [-0.4, -0.2) is 30.6 Å². The lowest BCUT2D eigenvalue weighted by Crippen LogP contribution is -2.37. The average Bonchev–Trinajstić information content (AvgIpc) is 3.25. The summed E-state index contributed by atoms with van der Waals surface area (Å²) in [7, 11) is 0. The zero-order chi connectivity index (χ0) is 13.5. The van der Waals surface area contributed by atoms with Gasteiger partial charge in [0.25, 0.3) is 0 Å².